The molecule has 0 aliphatic rings. The number of esters is 1. The topological polar surface area (TPSA) is 95.9 Å². The predicted molar refractivity (Wildman–Crippen MR) is 273 cm³/mol. The largest absolute Gasteiger partial charge is 0.462 e. The van der Waals surface area contributed by atoms with Crippen molar-refractivity contribution in [1.29, 1.82) is 0 Å². The van der Waals surface area contributed by atoms with Gasteiger partial charge in [0.2, 0.25) is 5.91 Å². The van der Waals surface area contributed by atoms with E-state index in [-0.39, 0.29) is 24.9 Å². The summed E-state index contributed by atoms with van der Waals surface area (Å²) in [7, 11) is 0. The van der Waals surface area contributed by atoms with E-state index in [4.69, 9.17) is 4.74 Å². The second-order valence-corrected chi connectivity index (χ2v) is 19.7. The van der Waals surface area contributed by atoms with Gasteiger partial charge in [-0.3, -0.25) is 9.59 Å². The number of amides is 1. The van der Waals surface area contributed by atoms with Crippen LogP contribution in [0, 0.1) is 0 Å². The third-order valence-electron chi connectivity index (χ3n) is 13.3. The highest BCUT2D eigenvalue weighted by molar-refractivity contribution is 5.77. The van der Waals surface area contributed by atoms with Crippen molar-refractivity contribution in [3.8, 4) is 0 Å². The number of carbonyl (C=O) groups excluding carboxylic acids is 2. The number of unbranched alkanes of at least 4 members (excludes halogenated alkanes) is 38. The monoisotopic (exact) mass is 890 g/mol. The standard InChI is InChI=1S/C57H111NO5/c1-4-7-10-13-16-19-22-24-26-28-29-31-33-35-38-41-44-47-50-57(62)63-53(48-45-42-39-36-34-32-30-27-25-23-20-17-14-11-8-5-2)51-56(61)58-54(52-59)55(60)49-46-43-40-37-21-18-15-12-9-6-3/h32,34,53-55,59-60H,4-31,33,35-52H2,1-3H3,(H,58,61)/b34-32+. The first-order valence-electron chi connectivity index (χ1n) is 28.4. The van der Waals surface area contributed by atoms with Crippen LogP contribution >= 0.6 is 0 Å². The van der Waals surface area contributed by atoms with Crippen molar-refractivity contribution >= 4 is 11.9 Å². The van der Waals surface area contributed by atoms with E-state index in [0.29, 0.717) is 19.3 Å². The summed E-state index contributed by atoms with van der Waals surface area (Å²) >= 11 is 0. The number of hydrogen-bond acceptors (Lipinski definition) is 5. The van der Waals surface area contributed by atoms with Gasteiger partial charge in [0, 0.05) is 6.42 Å². The lowest BCUT2D eigenvalue weighted by molar-refractivity contribution is -0.151. The molecule has 63 heavy (non-hydrogen) atoms. The Hall–Kier alpha value is -1.40. The highest BCUT2D eigenvalue weighted by Gasteiger charge is 2.24. The number of aliphatic hydroxyl groups excluding tert-OH is 2. The average Bonchev–Trinajstić information content (AvgIpc) is 3.28. The Morgan fingerprint density at radius 3 is 1.14 bits per heavy atom. The molecule has 6 heteroatoms. The minimum absolute atomic E-state index is 0.0744. The second kappa shape index (κ2) is 51.6. The Kier molecular flexibility index (Phi) is 50.4. The van der Waals surface area contributed by atoms with E-state index < -0.39 is 18.2 Å². The molecule has 0 fully saturated rings. The summed E-state index contributed by atoms with van der Waals surface area (Å²) in [5.74, 6) is -0.468. The summed E-state index contributed by atoms with van der Waals surface area (Å²) < 4.78 is 5.95. The van der Waals surface area contributed by atoms with Crippen LogP contribution in [0.25, 0.3) is 0 Å². The van der Waals surface area contributed by atoms with Crippen LogP contribution in [0.5, 0.6) is 0 Å². The summed E-state index contributed by atoms with van der Waals surface area (Å²) in [6, 6.07) is -0.700. The van der Waals surface area contributed by atoms with Gasteiger partial charge in [-0.15, -0.1) is 0 Å². The van der Waals surface area contributed by atoms with Gasteiger partial charge < -0.3 is 20.3 Å². The fraction of sp³-hybridized carbons (Fsp3) is 0.930. The number of nitrogens with one attached hydrogen (secondary N) is 1. The van der Waals surface area contributed by atoms with Gasteiger partial charge in [0.05, 0.1) is 25.2 Å². The Bertz CT molecular complexity index is 955. The van der Waals surface area contributed by atoms with E-state index in [1.165, 1.54) is 212 Å². The van der Waals surface area contributed by atoms with E-state index in [1.54, 1.807) is 0 Å². The molecule has 0 spiro atoms. The summed E-state index contributed by atoms with van der Waals surface area (Å²) in [4.78, 5) is 26.2. The van der Waals surface area contributed by atoms with E-state index >= 15 is 0 Å². The minimum atomic E-state index is -0.785. The molecule has 0 aromatic rings. The number of allylic oxidation sites excluding steroid dienone is 2. The molecule has 0 rings (SSSR count). The number of aliphatic hydroxyl groups is 2. The van der Waals surface area contributed by atoms with Crippen molar-refractivity contribution in [2.75, 3.05) is 6.61 Å². The molecule has 0 bridgehead atoms. The molecular weight excluding hydrogens is 779 g/mol. The zero-order chi connectivity index (χ0) is 45.9. The zero-order valence-electron chi connectivity index (χ0n) is 42.7. The lowest BCUT2D eigenvalue weighted by Gasteiger charge is -2.24. The third kappa shape index (κ3) is 46.9. The normalized spacial score (nSPS) is 13.2. The van der Waals surface area contributed by atoms with Crippen LogP contribution in [0.3, 0.4) is 0 Å². The summed E-state index contributed by atoms with van der Waals surface area (Å²) in [5, 5.41) is 23.8. The minimum Gasteiger partial charge on any atom is -0.462 e. The molecule has 0 aromatic heterocycles. The Morgan fingerprint density at radius 2 is 0.762 bits per heavy atom. The molecule has 0 aliphatic heterocycles. The van der Waals surface area contributed by atoms with Crippen molar-refractivity contribution < 1.29 is 24.5 Å². The molecule has 374 valence electrons. The molecule has 0 saturated heterocycles. The van der Waals surface area contributed by atoms with Crippen molar-refractivity contribution in [3.63, 3.8) is 0 Å². The molecule has 3 N–H and O–H groups in total. The molecular formula is C57H111NO5. The average molecular weight is 891 g/mol. The lowest BCUT2D eigenvalue weighted by atomic mass is 10.0. The molecule has 0 radical (unpaired) electrons. The van der Waals surface area contributed by atoms with Crippen LogP contribution in [0.15, 0.2) is 12.2 Å². The smallest absolute Gasteiger partial charge is 0.306 e. The second-order valence-electron chi connectivity index (χ2n) is 19.7. The molecule has 6 nitrogen and oxygen atoms in total. The molecule has 3 unspecified atom stereocenters. The Balaban J connectivity index is 4.51. The number of rotatable bonds is 52. The summed E-state index contributed by atoms with van der Waals surface area (Å²) in [5.41, 5.74) is 0. The third-order valence-corrected chi connectivity index (χ3v) is 13.3. The predicted octanol–water partition coefficient (Wildman–Crippen LogP) is 17.3. The molecule has 0 aliphatic carbocycles. The van der Waals surface area contributed by atoms with E-state index in [0.717, 1.165) is 57.8 Å². The van der Waals surface area contributed by atoms with E-state index in [1.807, 2.05) is 0 Å². The van der Waals surface area contributed by atoms with Crippen LogP contribution in [0.4, 0.5) is 0 Å². The molecule has 0 saturated carbocycles. The highest BCUT2D eigenvalue weighted by Crippen LogP contribution is 2.19. The van der Waals surface area contributed by atoms with E-state index in [9.17, 15) is 19.8 Å². The maximum atomic E-state index is 13.2. The fourth-order valence-electron chi connectivity index (χ4n) is 9.02. The zero-order valence-corrected chi connectivity index (χ0v) is 42.7. The highest BCUT2D eigenvalue weighted by atomic mass is 16.5. The van der Waals surface area contributed by atoms with Crippen molar-refractivity contribution in [2.24, 2.45) is 0 Å². The van der Waals surface area contributed by atoms with Crippen LogP contribution in [0.1, 0.15) is 316 Å². The molecule has 3 atom stereocenters. The first kappa shape index (κ1) is 61.6. The van der Waals surface area contributed by atoms with Crippen LogP contribution in [-0.4, -0.2) is 46.9 Å². The van der Waals surface area contributed by atoms with Crippen LogP contribution in [-0.2, 0) is 14.3 Å². The van der Waals surface area contributed by atoms with Gasteiger partial charge in [0.15, 0.2) is 0 Å². The van der Waals surface area contributed by atoms with Gasteiger partial charge in [0.25, 0.3) is 0 Å². The number of carbonyl (C=O) groups is 2. The van der Waals surface area contributed by atoms with Gasteiger partial charge in [-0.25, -0.2) is 0 Å². The molecule has 1 amide bonds. The van der Waals surface area contributed by atoms with Crippen LogP contribution < -0.4 is 5.32 Å². The maximum Gasteiger partial charge on any atom is 0.306 e. The summed E-state index contributed by atoms with van der Waals surface area (Å²) in [6.07, 6.45) is 58.6. The first-order valence-corrected chi connectivity index (χ1v) is 28.4. The van der Waals surface area contributed by atoms with Crippen LogP contribution in [0.2, 0.25) is 0 Å². The number of hydrogen-bond donors (Lipinski definition) is 3. The van der Waals surface area contributed by atoms with Gasteiger partial charge in [-0.2, -0.15) is 0 Å². The Labute approximate surface area is 393 Å². The molecule has 0 heterocycles. The maximum absolute atomic E-state index is 13.2. The van der Waals surface area contributed by atoms with Gasteiger partial charge in [-0.1, -0.05) is 264 Å². The number of ether oxygens (including phenoxy) is 1. The lowest BCUT2D eigenvalue weighted by Crippen LogP contribution is -2.46. The van der Waals surface area contributed by atoms with Crippen molar-refractivity contribution in [3.05, 3.63) is 12.2 Å². The van der Waals surface area contributed by atoms with Crippen molar-refractivity contribution in [2.45, 2.75) is 334 Å². The van der Waals surface area contributed by atoms with Gasteiger partial charge in [0.1, 0.15) is 6.10 Å². The quantitative estimate of drug-likeness (QED) is 0.0321. The summed E-state index contributed by atoms with van der Waals surface area (Å²) in [6.45, 7) is 6.51. The molecule has 0 aromatic carbocycles. The SMILES string of the molecule is CCCCCCCCCCC/C=C/CCCCCC(CC(=O)NC(CO)C(O)CCCCCCCCCCCC)OC(=O)CCCCCCCCCCCCCCCCCCCC. The van der Waals surface area contributed by atoms with Crippen molar-refractivity contribution in [1.82, 2.24) is 5.32 Å². The van der Waals surface area contributed by atoms with E-state index in [2.05, 4.69) is 38.2 Å². The fourth-order valence-corrected chi connectivity index (χ4v) is 9.02. The first-order chi connectivity index (χ1) is 31.0. The van der Waals surface area contributed by atoms with Gasteiger partial charge in [-0.05, 0) is 51.4 Å². The Morgan fingerprint density at radius 1 is 0.444 bits per heavy atom. The van der Waals surface area contributed by atoms with Gasteiger partial charge >= 0.3 is 5.97 Å².